The Morgan fingerprint density at radius 3 is 2.73 bits per heavy atom. The number of likely N-dealkylation sites (tertiary alicyclic amines) is 1. The normalized spacial score (nSPS) is 16.2. The molecule has 3 heterocycles. The number of nitrogens with zero attached hydrogens (tertiary/aromatic N) is 1. The Balaban J connectivity index is 1.52. The van der Waals surface area contributed by atoms with Crippen molar-refractivity contribution < 1.29 is 9.21 Å². The monoisotopic (exact) mass is 388 g/mol. The molecular weight excluding hydrogens is 368 g/mol. The van der Waals surface area contributed by atoms with E-state index in [1.54, 1.807) is 0 Å². The maximum atomic E-state index is 12.8. The Labute approximate surface area is 161 Å². The van der Waals surface area contributed by atoms with Gasteiger partial charge in [-0.3, -0.25) is 9.69 Å². The summed E-state index contributed by atoms with van der Waals surface area (Å²) in [5.74, 6) is 1.68. The molecule has 26 heavy (non-hydrogen) atoms. The van der Waals surface area contributed by atoms with E-state index in [1.807, 2.05) is 43.3 Å². The largest absolute Gasteiger partial charge is 0.465 e. The van der Waals surface area contributed by atoms with E-state index in [2.05, 4.69) is 10.2 Å². The average Bonchev–Trinajstić information content (AvgIpc) is 3.37. The fourth-order valence-corrected chi connectivity index (χ4v) is 4.96. The zero-order valence-corrected chi connectivity index (χ0v) is 16.2. The number of amides is 1. The summed E-state index contributed by atoms with van der Waals surface area (Å²) in [6.07, 6.45) is 2.37. The van der Waals surface area contributed by atoms with Crippen LogP contribution >= 0.6 is 22.9 Å². The van der Waals surface area contributed by atoms with Gasteiger partial charge in [-0.05, 0) is 51.1 Å². The van der Waals surface area contributed by atoms with Gasteiger partial charge in [0.1, 0.15) is 16.4 Å². The number of hydrogen-bond donors (Lipinski definition) is 1. The van der Waals surface area contributed by atoms with Gasteiger partial charge in [0.2, 0.25) is 0 Å². The Morgan fingerprint density at radius 1 is 1.27 bits per heavy atom. The highest BCUT2D eigenvalue weighted by Crippen LogP contribution is 2.35. The summed E-state index contributed by atoms with van der Waals surface area (Å²) < 4.78 is 6.88. The SMILES string of the molecule is Cc1ccc([C@H](CNC(=O)c2sc3ccccc3c2Cl)N2CCCC2)o1. The van der Waals surface area contributed by atoms with Gasteiger partial charge < -0.3 is 9.73 Å². The van der Waals surface area contributed by atoms with E-state index in [0.29, 0.717) is 16.4 Å². The van der Waals surface area contributed by atoms with E-state index in [4.69, 9.17) is 16.0 Å². The molecule has 1 aliphatic heterocycles. The molecule has 1 aromatic carbocycles. The standard InChI is InChI=1S/C20H21ClN2O2S/c1-13-8-9-16(25-13)15(23-10-4-5-11-23)12-22-20(24)19-18(21)14-6-2-3-7-17(14)26-19/h2-3,6-9,15H,4-5,10-12H2,1H3,(H,22,24)/t15-/m0/s1. The fraction of sp³-hybridized carbons (Fsp3) is 0.350. The lowest BCUT2D eigenvalue weighted by Crippen LogP contribution is -2.36. The number of hydrogen-bond acceptors (Lipinski definition) is 4. The molecule has 0 saturated carbocycles. The number of carbonyl (C=O) groups excluding carboxylic acids is 1. The van der Waals surface area contributed by atoms with Crippen molar-refractivity contribution in [1.82, 2.24) is 10.2 Å². The summed E-state index contributed by atoms with van der Waals surface area (Å²) >= 11 is 7.87. The summed E-state index contributed by atoms with van der Waals surface area (Å²) in [5.41, 5.74) is 0. The van der Waals surface area contributed by atoms with Gasteiger partial charge in [0.15, 0.2) is 0 Å². The minimum absolute atomic E-state index is 0.0586. The molecule has 1 aliphatic rings. The number of nitrogens with one attached hydrogen (secondary N) is 1. The van der Waals surface area contributed by atoms with E-state index in [-0.39, 0.29) is 11.9 Å². The van der Waals surface area contributed by atoms with E-state index in [9.17, 15) is 4.79 Å². The lowest BCUT2D eigenvalue weighted by Gasteiger charge is -2.26. The number of fused-ring (bicyclic) bond motifs is 1. The molecular formula is C20H21ClN2O2S. The molecule has 0 bridgehead atoms. The second kappa shape index (κ2) is 7.43. The smallest absolute Gasteiger partial charge is 0.263 e. The summed E-state index contributed by atoms with van der Waals surface area (Å²) in [6, 6.07) is 11.9. The minimum atomic E-state index is -0.122. The lowest BCUT2D eigenvalue weighted by atomic mass is 10.2. The van der Waals surface area contributed by atoms with Crippen molar-refractivity contribution in [2.45, 2.75) is 25.8 Å². The van der Waals surface area contributed by atoms with Crippen molar-refractivity contribution in [2.24, 2.45) is 0 Å². The van der Waals surface area contributed by atoms with E-state index < -0.39 is 0 Å². The molecule has 0 radical (unpaired) electrons. The number of thiophene rings is 1. The topological polar surface area (TPSA) is 45.5 Å². The van der Waals surface area contributed by atoms with Crippen LogP contribution in [-0.2, 0) is 0 Å². The van der Waals surface area contributed by atoms with Crippen molar-refractivity contribution in [2.75, 3.05) is 19.6 Å². The summed E-state index contributed by atoms with van der Waals surface area (Å²) in [5, 5.41) is 4.54. The van der Waals surface area contributed by atoms with Crippen molar-refractivity contribution >= 4 is 38.9 Å². The summed E-state index contributed by atoms with van der Waals surface area (Å²) in [7, 11) is 0. The molecule has 0 spiro atoms. The molecule has 4 rings (SSSR count). The van der Waals surface area contributed by atoms with Gasteiger partial charge in [-0.25, -0.2) is 0 Å². The zero-order valence-electron chi connectivity index (χ0n) is 14.6. The maximum absolute atomic E-state index is 12.8. The van der Waals surface area contributed by atoms with Gasteiger partial charge in [0.25, 0.3) is 5.91 Å². The Hall–Kier alpha value is -1.82. The van der Waals surface area contributed by atoms with Crippen LogP contribution in [0.4, 0.5) is 0 Å². The number of benzene rings is 1. The number of aryl methyl sites for hydroxylation is 1. The Kier molecular flexibility index (Phi) is 5.02. The second-order valence-electron chi connectivity index (χ2n) is 6.66. The first-order chi connectivity index (χ1) is 12.6. The quantitative estimate of drug-likeness (QED) is 0.667. The van der Waals surface area contributed by atoms with Gasteiger partial charge in [-0.15, -0.1) is 11.3 Å². The van der Waals surface area contributed by atoms with Gasteiger partial charge in [-0.1, -0.05) is 29.8 Å². The highest BCUT2D eigenvalue weighted by molar-refractivity contribution is 7.21. The molecule has 1 atom stereocenters. The lowest BCUT2D eigenvalue weighted by molar-refractivity contribution is 0.0938. The summed E-state index contributed by atoms with van der Waals surface area (Å²) in [6.45, 7) is 4.52. The molecule has 3 aromatic rings. The van der Waals surface area contributed by atoms with Crippen LogP contribution in [-0.4, -0.2) is 30.4 Å². The molecule has 6 heteroatoms. The first-order valence-corrected chi connectivity index (χ1v) is 10.1. The van der Waals surface area contributed by atoms with Crippen LogP contribution in [0.2, 0.25) is 5.02 Å². The van der Waals surface area contributed by atoms with Crippen LogP contribution < -0.4 is 5.32 Å². The third-order valence-corrected chi connectivity index (χ3v) is 6.54. The zero-order chi connectivity index (χ0) is 18.1. The minimum Gasteiger partial charge on any atom is -0.465 e. The van der Waals surface area contributed by atoms with Crippen LogP contribution in [0.15, 0.2) is 40.8 Å². The maximum Gasteiger partial charge on any atom is 0.263 e. The number of halogens is 1. The average molecular weight is 389 g/mol. The number of rotatable bonds is 5. The van der Waals surface area contributed by atoms with Gasteiger partial charge in [-0.2, -0.15) is 0 Å². The molecule has 0 unspecified atom stereocenters. The van der Waals surface area contributed by atoms with Crippen LogP contribution in [0.3, 0.4) is 0 Å². The van der Waals surface area contributed by atoms with E-state index >= 15 is 0 Å². The van der Waals surface area contributed by atoms with Crippen molar-refractivity contribution in [3.05, 3.63) is 57.8 Å². The molecule has 1 amide bonds. The molecule has 0 aliphatic carbocycles. The summed E-state index contributed by atoms with van der Waals surface area (Å²) in [4.78, 5) is 15.7. The highest BCUT2D eigenvalue weighted by Gasteiger charge is 2.27. The first kappa shape index (κ1) is 17.6. The van der Waals surface area contributed by atoms with E-state index in [0.717, 1.165) is 34.7 Å². The first-order valence-electron chi connectivity index (χ1n) is 8.89. The van der Waals surface area contributed by atoms with E-state index in [1.165, 1.54) is 24.2 Å². The number of furan rings is 1. The van der Waals surface area contributed by atoms with Crippen LogP contribution in [0.25, 0.3) is 10.1 Å². The second-order valence-corrected chi connectivity index (χ2v) is 8.09. The van der Waals surface area contributed by atoms with Crippen molar-refractivity contribution in [1.29, 1.82) is 0 Å². The molecule has 4 nitrogen and oxygen atoms in total. The molecule has 1 N–H and O–H groups in total. The third kappa shape index (κ3) is 3.39. The third-order valence-electron chi connectivity index (χ3n) is 4.87. The van der Waals surface area contributed by atoms with Gasteiger partial charge in [0, 0.05) is 16.6 Å². The van der Waals surface area contributed by atoms with Crippen LogP contribution in [0.5, 0.6) is 0 Å². The number of carbonyl (C=O) groups is 1. The van der Waals surface area contributed by atoms with Crippen molar-refractivity contribution in [3.63, 3.8) is 0 Å². The predicted octanol–water partition coefficient (Wildman–Crippen LogP) is 5.02. The Morgan fingerprint density at radius 2 is 2.04 bits per heavy atom. The fourth-order valence-electron chi connectivity index (χ4n) is 3.53. The molecule has 136 valence electrons. The van der Waals surface area contributed by atoms with Gasteiger partial charge in [0.05, 0.1) is 11.1 Å². The molecule has 2 aromatic heterocycles. The molecule has 1 saturated heterocycles. The highest BCUT2D eigenvalue weighted by atomic mass is 35.5. The van der Waals surface area contributed by atoms with Crippen LogP contribution in [0.1, 0.15) is 40.1 Å². The van der Waals surface area contributed by atoms with Crippen LogP contribution in [0, 0.1) is 6.92 Å². The van der Waals surface area contributed by atoms with Crippen molar-refractivity contribution in [3.8, 4) is 0 Å². The molecule has 1 fully saturated rings. The van der Waals surface area contributed by atoms with Gasteiger partial charge >= 0.3 is 0 Å². The predicted molar refractivity (Wildman–Crippen MR) is 106 cm³/mol. The Bertz CT molecular complexity index is 927.